The Kier molecular flexibility index (Phi) is 5.55. The molecule has 0 aliphatic rings. The van der Waals surface area contributed by atoms with Crippen LogP contribution in [0, 0.1) is 0 Å². The van der Waals surface area contributed by atoms with E-state index in [-0.39, 0.29) is 16.4 Å². The third kappa shape index (κ3) is 4.22. The van der Waals surface area contributed by atoms with Crippen LogP contribution in [0.4, 0.5) is 4.79 Å². The van der Waals surface area contributed by atoms with Gasteiger partial charge in [0.1, 0.15) is 10.6 Å². The van der Waals surface area contributed by atoms with Crippen molar-refractivity contribution in [2.75, 3.05) is 6.61 Å². The van der Waals surface area contributed by atoms with Gasteiger partial charge in [0, 0.05) is 10.1 Å². The second-order valence-corrected chi connectivity index (χ2v) is 6.56. The molecule has 134 valence electrons. The summed E-state index contributed by atoms with van der Waals surface area (Å²) in [6.45, 7) is -0.471. The molecule has 0 fully saturated rings. The van der Waals surface area contributed by atoms with Gasteiger partial charge in [-0.25, -0.2) is 9.59 Å². The molecule has 0 spiro atoms. The van der Waals surface area contributed by atoms with Gasteiger partial charge in [0.15, 0.2) is 6.61 Å². The van der Waals surface area contributed by atoms with E-state index in [4.69, 9.17) is 20.8 Å². The second-order valence-electron chi connectivity index (χ2n) is 5.13. The summed E-state index contributed by atoms with van der Waals surface area (Å²) in [5.41, 5.74) is 0. The van der Waals surface area contributed by atoms with Crippen molar-refractivity contribution in [3.63, 3.8) is 0 Å². The Balaban J connectivity index is 1.49. The summed E-state index contributed by atoms with van der Waals surface area (Å²) in [5, 5.41) is 5.52. The molecule has 9 heteroatoms. The van der Waals surface area contributed by atoms with E-state index in [0.29, 0.717) is 5.76 Å². The molecule has 0 aliphatic heterocycles. The van der Waals surface area contributed by atoms with E-state index in [1.807, 2.05) is 18.2 Å². The van der Waals surface area contributed by atoms with E-state index < -0.39 is 24.5 Å². The number of halogens is 1. The van der Waals surface area contributed by atoms with E-state index >= 15 is 0 Å². The maximum atomic E-state index is 12.1. The number of amides is 3. The van der Waals surface area contributed by atoms with Crippen molar-refractivity contribution in [3.05, 3.63) is 58.3 Å². The number of ether oxygens (including phenoxy) is 1. The maximum Gasteiger partial charge on any atom is 0.350 e. The number of urea groups is 1. The number of carbonyl (C=O) groups excluding carboxylic acids is 3. The van der Waals surface area contributed by atoms with Crippen molar-refractivity contribution < 1.29 is 23.5 Å². The molecule has 7 nitrogen and oxygen atoms in total. The van der Waals surface area contributed by atoms with Crippen LogP contribution in [0.3, 0.4) is 0 Å². The molecule has 0 aliphatic carbocycles. The molecule has 3 rings (SSSR count). The molecule has 3 aromatic rings. The third-order valence-electron chi connectivity index (χ3n) is 3.31. The molecule has 2 aromatic heterocycles. The Morgan fingerprint density at radius 3 is 2.69 bits per heavy atom. The molecule has 0 radical (unpaired) electrons. The van der Waals surface area contributed by atoms with Crippen LogP contribution < -0.4 is 10.6 Å². The van der Waals surface area contributed by atoms with Gasteiger partial charge in [0.25, 0.3) is 5.91 Å². The van der Waals surface area contributed by atoms with E-state index in [0.717, 1.165) is 10.1 Å². The average molecular weight is 393 g/mol. The first-order valence-electron chi connectivity index (χ1n) is 7.49. The maximum absolute atomic E-state index is 12.1. The van der Waals surface area contributed by atoms with E-state index in [1.54, 1.807) is 18.2 Å². The van der Waals surface area contributed by atoms with Gasteiger partial charge in [-0.1, -0.05) is 29.8 Å². The van der Waals surface area contributed by atoms with Crippen LogP contribution in [-0.4, -0.2) is 24.5 Å². The smallest absolute Gasteiger partial charge is 0.350 e. The number of thiophene rings is 1. The molecule has 0 bridgehead atoms. The first kappa shape index (κ1) is 18.0. The average Bonchev–Trinajstić information content (AvgIpc) is 3.26. The summed E-state index contributed by atoms with van der Waals surface area (Å²) in [4.78, 5) is 35.6. The topological polar surface area (TPSA) is 97.6 Å². The van der Waals surface area contributed by atoms with Crippen molar-refractivity contribution in [3.8, 4) is 0 Å². The quantitative estimate of drug-likeness (QED) is 0.649. The van der Waals surface area contributed by atoms with Crippen LogP contribution in [0.5, 0.6) is 0 Å². The minimum Gasteiger partial charge on any atom is -0.467 e. The Bertz CT molecular complexity index is 951. The summed E-state index contributed by atoms with van der Waals surface area (Å²) in [6, 6.07) is 9.91. The zero-order chi connectivity index (χ0) is 18.5. The Morgan fingerprint density at radius 1 is 1.15 bits per heavy atom. The first-order chi connectivity index (χ1) is 12.5. The van der Waals surface area contributed by atoms with Gasteiger partial charge in [0.2, 0.25) is 0 Å². The van der Waals surface area contributed by atoms with Crippen LogP contribution in [0.25, 0.3) is 10.1 Å². The van der Waals surface area contributed by atoms with Crippen LogP contribution >= 0.6 is 22.9 Å². The minimum atomic E-state index is -0.757. The summed E-state index contributed by atoms with van der Waals surface area (Å²) < 4.78 is 10.8. The predicted octanol–water partition coefficient (Wildman–Crippen LogP) is 3.33. The number of benzene rings is 1. The van der Waals surface area contributed by atoms with Gasteiger partial charge in [0.05, 0.1) is 17.8 Å². The first-order valence-corrected chi connectivity index (χ1v) is 8.68. The molecule has 2 heterocycles. The molecular weight excluding hydrogens is 380 g/mol. The number of imide groups is 1. The number of furan rings is 1. The van der Waals surface area contributed by atoms with Crippen LogP contribution in [0.1, 0.15) is 15.4 Å². The monoisotopic (exact) mass is 392 g/mol. The zero-order valence-electron chi connectivity index (χ0n) is 13.3. The standard InChI is InChI=1S/C17H13ClN2O5S/c18-14-11-5-1-2-6-12(11)26-15(14)16(22)25-9-13(21)20-17(23)19-8-10-4-3-7-24-10/h1-7H,8-9H2,(H2,19,20,21,23). The van der Waals surface area contributed by atoms with Gasteiger partial charge >= 0.3 is 12.0 Å². The summed E-state index contributed by atoms with van der Waals surface area (Å²) in [5.74, 6) is -0.937. The number of fused-ring (bicyclic) bond motifs is 1. The molecule has 0 atom stereocenters. The second kappa shape index (κ2) is 8.03. The lowest BCUT2D eigenvalue weighted by atomic mass is 10.2. The molecule has 3 amide bonds. The van der Waals surface area contributed by atoms with Crippen molar-refractivity contribution >= 4 is 50.9 Å². The number of nitrogens with one attached hydrogen (secondary N) is 2. The van der Waals surface area contributed by atoms with Gasteiger partial charge in [-0.05, 0) is 18.2 Å². The van der Waals surface area contributed by atoms with Crippen LogP contribution in [0.15, 0.2) is 47.1 Å². The van der Waals surface area contributed by atoms with E-state index in [9.17, 15) is 14.4 Å². The molecule has 1 aromatic carbocycles. The molecule has 0 saturated carbocycles. The SMILES string of the molecule is O=C(COC(=O)c1sc2ccccc2c1Cl)NC(=O)NCc1ccco1. The van der Waals surface area contributed by atoms with Crippen molar-refractivity contribution in [1.82, 2.24) is 10.6 Å². The number of rotatable bonds is 5. The molecular formula is C17H13ClN2O5S. The highest BCUT2D eigenvalue weighted by Gasteiger charge is 2.19. The van der Waals surface area contributed by atoms with Crippen molar-refractivity contribution in [2.24, 2.45) is 0 Å². The summed E-state index contributed by atoms with van der Waals surface area (Å²) in [7, 11) is 0. The molecule has 2 N–H and O–H groups in total. The molecule has 0 saturated heterocycles. The van der Waals surface area contributed by atoms with Crippen LogP contribution in [0.2, 0.25) is 5.02 Å². The largest absolute Gasteiger partial charge is 0.467 e. The lowest BCUT2D eigenvalue weighted by Gasteiger charge is -2.06. The number of hydrogen-bond acceptors (Lipinski definition) is 6. The van der Waals surface area contributed by atoms with E-state index in [2.05, 4.69) is 10.6 Å². The highest BCUT2D eigenvalue weighted by Crippen LogP contribution is 2.35. The van der Waals surface area contributed by atoms with Crippen molar-refractivity contribution in [1.29, 1.82) is 0 Å². The lowest BCUT2D eigenvalue weighted by Crippen LogP contribution is -2.41. The van der Waals surface area contributed by atoms with Gasteiger partial charge in [-0.2, -0.15) is 0 Å². The van der Waals surface area contributed by atoms with Crippen LogP contribution in [-0.2, 0) is 16.1 Å². The van der Waals surface area contributed by atoms with Crippen molar-refractivity contribution in [2.45, 2.75) is 6.54 Å². The number of esters is 1. The highest BCUT2D eigenvalue weighted by atomic mass is 35.5. The normalized spacial score (nSPS) is 10.5. The Labute approximate surface area is 156 Å². The third-order valence-corrected chi connectivity index (χ3v) is 4.97. The van der Waals surface area contributed by atoms with Gasteiger partial charge in [-0.3, -0.25) is 10.1 Å². The molecule has 0 unspecified atom stereocenters. The minimum absolute atomic E-state index is 0.128. The van der Waals surface area contributed by atoms with Gasteiger partial charge in [-0.15, -0.1) is 11.3 Å². The number of hydrogen-bond donors (Lipinski definition) is 2. The highest BCUT2D eigenvalue weighted by molar-refractivity contribution is 7.21. The fraction of sp³-hybridized carbons (Fsp3) is 0.118. The van der Waals surface area contributed by atoms with E-state index in [1.165, 1.54) is 17.6 Å². The predicted molar refractivity (Wildman–Crippen MR) is 96.2 cm³/mol. The fourth-order valence-electron chi connectivity index (χ4n) is 2.13. The summed E-state index contributed by atoms with van der Waals surface area (Å²) in [6.07, 6.45) is 1.47. The lowest BCUT2D eigenvalue weighted by molar-refractivity contribution is -0.123. The summed E-state index contributed by atoms with van der Waals surface area (Å²) >= 11 is 7.35. The Hall–Kier alpha value is -2.84. The van der Waals surface area contributed by atoms with Gasteiger partial charge < -0.3 is 14.5 Å². The Morgan fingerprint density at radius 2 is 1.96 bits per heavy atom. The zero-order valence-corrected chi connectivity index (χ0v) is 14.9. The fourth-order valence-corrected chi connectivity index (χ4v) is 3.53. The molecule has 26 heavy (non-hydrogen) atoms. The number of carbonyl (C=O) groups is 3.